The number of halogens is 1. The zero-order valence-electron chi connectivity index (χ0n) is 21.1. The second-order valence-corrected chi connectivity index (χ2v) is 12.1. The molecule has 3 aromatic carbocycles. The molecule has 2 unspecified atom stereocenters. The Morgan fingerprint density at radius 2 is 1.73 bits per heavy atom. The van der Waals surface area contributed by atoms with Crippen molar-refractivity contribution in [1.29, 1.82) is 0 Å². The van der Waals surface area contributed by atoms with Gasteiger partial charge in [0.2, 0.25) is 11.8 Å². The highest BCUT2D eigenvalue weighted by atomic mass is 35.5. The summed E-state index contributed by atoms with van der Waals surface area (Å²) in [6.07, 6.45) is 0. The Labute approximate surface area is 242 Å². The third-order valence-corrected chi connectivity index (χ3v) is 9.51. The lowest BCUT2D eigenvalue weighted by Crippen LogP contribution is -2.32. The highest BCUT2D eigenvalue weighted by Crippen LogP contribution is 2.54. The lowest BCUT2D eigenvalue weighted by atomic mass is 9.82. The monoisotopic (exact) mass is 591 g/mol. The van der Waals surface area contributed by atoms with Gasteiger partial charge in [0.05, 0.1) is 16.6 Å². The van der Waals surface area contributed by atoms with Crippen LogP contribution in [0.25, 0.3) is 0 Å². The predicted molar refractivity (Wildman–Crippen MR) is 156 cm³/mol. The molecule has 2 aliphatic heterocycles. The molecule has 0 saturated carbocycles. The van der Waals surface area contributed by atoms with E-state index in [2.05, 4.69) is 10.3 Å². The number of fused-ring (bicyclic) bond motifs is 2. The van der Waals surface area contributed by atoms with Crippen molar-refractivity contribution in [2.45, 2.75) is 23.1 Å². The number of aromatic amines is 1. The van der Waals surface area contributed by atoms with Gasteiger partial charge in [0.25, 0.3) is 5.91 Å². The predicted octanol–water partition coefficient (Wildman–Crippen LogP) is 5.21. The molecule has 202 valence electrons. The molecule has 1 aromatic heterocycles. The van der Waals surface area contributed by atoms with Gasteiger partial charge in [-0.25, -0.2) is 4.90 Å². The summed E-state index contributed by atoms with van der Waals surface area (Å²) in [6.45, 7) is 1.70. The maximum Gasteiger partial charge on any atom is 0.305 e. The Kier molecular flexibility index (Phi) is 6.99. The number of para-hydroxylation sites is 1. The van der Waals surface area contributed by atoms with Crippen molar-refractivity contribution in [3.63, 3.8) is 0 Å². The summed E-state index contributed by atoms with van der Waals surface area (Å²) in [5, 5.41) is 3.12. The number of imide groups is 1. The number of aryl methyl sites for hydroxylation is 1. The molecule has 2 N–H and O–H groups in total. The fourth-order valence-electron chi connectivity index (χ4n) is 5.04. The van der Waals surface area contributed by atoms with Crippen LogP contribution in [0.1, 0.15) is 21.9 Å². The van der Waals surface area contributed by atoms with Gasteiger partial charge in [-0.1, -0.05) is 70.6 Å². The molecule has 8 nitrogen and oxygen atoms in total. The standard InChI is InChI=1S/C29H22ClN3O5S2/c1-15-6-10-17(11-7-15)31-21(34)14-38-20-5-3-2-4-19(20)22-23-25(39-26-24(22)40-29(37)32-26)28(36)33(27(23)35)18-12-8-16(30)9-13-18/h2-13,22-23,25H,14H2,1H3,(H,31,34)(H,32,37)/t22-,23?,25?/m1/s1. The Balaban J connectivity index is 1.33. The summed E-state index contributed by atoms with van der Waals surface area (Å²) in [4.78, 5) is 57.0. The number of hydrogen-bond acceptors (Lipinski definition) is 7. The summed E-state index contributed by atoms with van der Waals surface area (Å²) in [7, 11) is 0. The first-order chi connectivity index (χ1) is 19.3. The molecule has 0 spiro atoms. The third kappa shape index (κ3) is 4.83. The average molecular weight is 592 g/mol. The normalized spacial score (nSPS) is 19.8. The van der Waals surface area contributed by atoms with E-state index >= 15 is 0 Å². The van der Waals surface area contributed by atoms with Gasteiger partial charge in [-0.2, -0.15) is 0 Å². The molecule has 6 rings (SSSR count). The van der Waals surface area contributed by atoms with Gasteiger partial charge in [0, 0.05) is 27.1 Å². The van der Waals surface area contributed by atoms with Crippen molar-refractivity contribution in [1.82, 2.24) is 4.98 Å². The van der Waals surface area contributed by atoms with Gasteiger partial charge >= 0.3 is 4.87 Å². The van der Waals surface area contributed by atoms with E-state index in [0.717, 1.165) is 16.9 Å². The molecule has 3 atom stereocenters. The number of amides is 3. The summed E-state index contributed by atoms with van der Waals surface area (Å²) >= 11 is 8.24. The van der Waals surface area contributed by atoms with E-state index in [4.69, 9.17) is 16.3 Å². The van der Waals surface area contributed by atoms with Gasteiger partial charge in [0.15, 0.2) is 6.61 Å². The summed E-state index contributed by atoms with van der Waals surface area (Å²) in [6, 6.07) is 21.1. The Morgan fingerprint density at radius 1 is 1.00 bits per heavy atom. The van der Waals surface area contributed by atoms with Gasteiger partial charge in [-0.3, -0.25) is 19.2 Å². The first kappa shape index (κ1) is 26.4. The molecule has 2 aliphatic rings. The number of thioether (sulfide) groups is 1. The molecule has 0 radical (unpaired) electrons. The van der Waals surface area contributed by atoms with Gasteiger partial charge in [-0.05, 0) is 49.4 Å². The molecule has 11 heteroatoms. The summed E-state index contributed by atoms with van der Waals surface area (Å²) in [5.74, 6) is -2.08. The Hall–Kier alpha value is -3.86. The van der Waals surface area contributed by atoms with Crippen molar-refractivity contribution in [2.24, 2.45) is 5.92 Å². The number of H-pyrrole nitrogens is 1. The summed E-state index contributed by atoms with van der Waals surface area (Å²) in [5.41, 5.74) is 2.78. The second kappa shape index (κ2) is 10.6. The first-order valence-electron chi connectivity index (χ1n) is 12.4. The van der Waals surface area contributed by atoms with E-state index in [1.165, 1.54) is 16.7 Å². The highest BCUT2D eigenvalue weighted by molar-refractivity contribution is 8.00. The fourth-order valence-corrected chi connectivity index (χ4v) is 7.68. The van der Waals surface area contributed by atoms with Crippen LogP contribution >= 0.6 is 34.7 Å². The van der Waals surface area contributed by atoms with Crippen LogP contribution in [0, 0.1) is 12.8 Å². The zero-order valence-corrected chi connectivity index (χ0v) is 23.4. The van der Waals surface area contributed by atoms with Crippen molar-refractivity contribution >= 4 is 63.8 Å². The number of benzene rings is 3. The summed E-state index contributed by atoms with van der Waals surface area (Å²) < 4.78 is 5.98. The molecule has 0 aliphatic carbocycles. The Morgan fingerprint density at radius 3 is 2.48 bits per heavy atom. The van der Waals surface area contributed by atoms with E-state index in [1.807, 2.05) is 37.3 Å². The fraction of sp³-hybridized carbons (Fsp3) is 0.172. The number of thiazole rings is 1. The topological polar surface area (TPSA) is 109 Å². The number of hydrogen-bond donors (Lipinski definition) is 2. The van der Waals surface area contributed by atoms with E-state index < -0.39 is 17.1 Å². The maximum atomic E-state index is 13.9. The minimum atomic E-state index is -0.779. The number of rotatable bonds is 6. The number of carbonyl (C=O) groups excluding carboxylic acids is 3. The third-order valence-electron chi connectivity index (χ3n) is 6.86. The molecular formula is C29H22ClN3O5S2. The molecule has 1 saturated heterocycles. The van der Waals surface area contributed by atoms with Gasteiger partial charge in [0.1, 0.15) is 11.0 Å². The van der Waals surface area contributed by atoms with Crippen molar-refractivity contribution < 1.29 is 19.1 Å². The van der Waals surface area contributed by atoms with Crippen molar-refractivity contribution in [3.8, 4) is 5.75 Å². The average Bonchev–Trinajstić information content (AvgIpc) is 3.44. The molecule has 3 amide bonds. The molecule has 3 heterocycles. The minimum absolute atomic E-state index is 0.263. The highest BCUT2D eigenvalue weighted by Gasteiger charge is 2.56. The lowest BCUT2D eigenvalue weighted by Gasteiger charge is -2.30. The van der Waals surface area contributed by atoms with Crippen LogP contribution in [0.15, 0.2) is 82.6 Å². The smallest absolute Gasteiger partial charge is 0.305 e. The molecule has 1 fully saturated rings. The van der Waals surface area contributed by atoms with Crippen LogP contribution < -0.4 is 19.8 Å². The number of anilines is 2. The molecule has 4 aromatic rings. The molecular weight excluding hydrogens is 570 g/mol. The van der Waals surface area contributed by atoms with E-state index in [-0.39, 0.29) is 29.2 Å². The van der Waals surface area contributed by atoms with Gasteiger partial charge in [-0.15, -0.1) is 0 Å². The first-order valence-corrected chi connectivity index (χ1v) is 14.5. The SMILES string of the molecule is Cc1ccc(NC(=O)COc2ccccc2[C@H]2c3sc(=O)[nH]c3SC3C(=O)N(c4ccc(Cl)cc4)C(=O)C32)cc1. The van der Waals surface area contributed by atoms with Crippen molar-refractivity contribution in [3.05, 3.63) is 103 Å². The number of nitrogens with one attached hydrogen (secondary N) is 2. The quantitative estimate of drug-likeness (QED) is 0.298. The Bertz CT molecular complexity index is 1680. The molecule has 40 heavy (non-hydrogen) atoms. The van der Waals surface area contributed by atoms with Crippen LogP contribution in [0.5, 0.6) is 5.75 Å². The van der Waals surface area contributed by atoms with E-state index in [9.17, 15) is 19.2 Å². The number of ether oxygens (including phenoxy) is 1. The zero-order chi connectivity index (χ0) is 28.0. The van der Waals surface area contributed by atoms with Crippen molar-refractivity contribution in [2.75, 3.05) is 16.8 Å². The maximum absolute atomic E-state index is 13.9. The number of carbonyl (C=O) groups is 3. The van der Waals surface area contributed by atoms with Crippen LogP contribution in [-0.2, 0) is 14.4 Å². The van der Waals surface area contributed by atoms with Crippen LogP contribution in [0.2, 0.25) is 5.02 Å². The minimum Gasteiger partial charge on any atom is -0.483 e. The second-order valence-electron chi connectivity index (χ2n) is 9.48. The number of aromatic nitrogens is 1. The lowest BCUT2D eigenvalue weighted by molar-refractivity contribution is -0.122. The number of nitrogens with zero attached hydrogens (tertiary/aromatic N) is 1. The van der Waals surface area contributed by atoms with E-state index in [1.54, 1.807) is 42.5 Å². The van der Waals surface area contributed by atoms with Crippen LogP contribution in [0.4, 0.5) is 11.4 Å². The van der Waals surface area contributed by atoms with Crippen LogP contribution in [-0.4, -0.2) is 34.6 Å². The van der Waals surface area contributed by atoms with Crippen LogP contribution in [0.3, 0.4) is 0 Å². The largest absolute Gasteiger partial charge is 0.483 e. The molecule has 0 bridgehead atoms. The van der Waals surface area contributed by atoms with Gasteiger partial charge < -0.3 is 15.0 Å². The van der Waals surface area contributed by atoms with E-state index in [0.29, 0.717) is 37.6 Å².